The van der Waals surface area contributed by atoms with Gasteiger partial charge in [-0.2, -0.15) is 4.98 Å². The maximum absolute atomic E-state index is 6.09. The van der Waals surface area contributed by atoms with Crippen LogP contribution in [-0.4, -0.2) is 23.3 Å². The van der Waals surface area contributed by atoms with Crippen molar-refractivity contribution in [2.45, 2.75) is 64.9 Å². The van der Waals surface area contributed by atoms with Crippen LogP contribution in [0.3, 0.4) is 0 Å². The van der Waals surface area contributed by atoms with Gasteiger partial charge >= 0.3 is 0 Å². The summed E-state index contributed by atoms with van der Waals surface area (Å²) in [6.45, 7) is 7.77. The summed E-state index contributed by atoms with van der Waals surface area (Å²) in [6, 6.07) is 0. The van der Waals surface area contributed by atoms with E-state index in [1.165, 1.54) is 6.42 Å². The zero-order valence-corrected chi connectivity index (χ0v) is 13.6. The number of nitrogens with zero attached hydrogens (tertiary/aromatic N) is 2. The Labute approximate surface area is 127 Å². The highest BCUT2D eigenvalue weighted by atomic mass is 16.5. The van der Waals surface area contributed by atoms with E-state index < -0.39 is 0 Å². The molecule has 0 spiro atoms. The topological polar surface area (TPSA) is 74.2 Å². The predicted molar refractivity (Wildman–Crippen MR) is 81.8 cm³/mol. The highest BCUT2D eigenvalue weighted by Crippen LogP contribution is 2.41. The molecule has 1 aromatic rings. The number of nitrogens with two attached hydrogens (primary N) is 1. The first-order chi connectivity index (χ1) is 10.1. The Hall–Kier alpha value is -0.940. The summed E-state index contributed by atoms with van der Waals surface area (Å²) < 4.78 is 11.6. The molecular weight excluding hydrogens is 266 g/mol. The molecule has 1 fully saturated rings. The molecule has 5 nitrogen and oxygen atoms in total. The first-order valence-corrected chi connectivity index (χ1v) is 8.30. The Morgan fingerprint density at radius 2 is 2.29 bits per heavy atom. The van der Waals surface area contributed by atoms with Gasteiger partial charge in [0.2, 0.25) is 11.7 Å². The molecule has 0 bridgehead atoms. The van der Waals surface area contributed by atoms with Crippen molar-refractivity contribution in [3.05, 3.63) is 11.7 Å². The number of hydrogen-bond donors (Lipinski definition) is 1. The molecule has 1 aliphatic carbocycles. The van der Waals surface area contributed by atoms with E-state index in [9.17, 15) is 0 Å². The van der Waals surface area contributed by atoms with Gasteiger partial charge in [0, 0.05) is 13.0 Å². The molecule has 3 unspecified atom stereocenters. The van der Waals surface area contributed by atoms with Gasteiger partial charge in [0.1, 0.15) is 5.60 Å². The summed E-state index contributed by atoms with van der Waals surface area (Å²) >= 11 is 0. The molecule has 5 heteroatoms. The third-order valence-electron chi connectivity index (χ3n) is 4.63. The Morgan fingerprint density at radius 1 is 1.48 bits per heavy atom. The summed E-state index contributed by atoms with van der Waals surface area (Å²) in [5.41, 5.74) is 5.41. The fourth-order valence-corrected chi connectivity index (χ4v) is 3.34. The van der Waals surface area contributed by atoms with Crippen LogP contribution in [-0.2, 0) is 16.8 Å². The highest BCUT2D eigenvalue weighted by Gasteiger charge is 2.41. The molecule has 1 heterocycles. The van der Waals surface area contributed by atoms with Crippen molar-refractivity contribution in [2.24, 2.45) is 17.6 Å². The van der Waals surface area contributed by atoms with E-state index in [-0.39, 0.29) is 5.60 Å². The Morgan fingerprint density at radius 3 is 2.90 bits per heavy atom. The second-order valence-corrected chi connectivity index (χ2v) is 6.35. The Bertz CT molecular complexity index is 427. The molecule has 3 atom stereocenters. The monoisotopic (exact) mass is 295 g/mol. The molecule has 21 heavy (non-hydrogen) atoms. The molecule has 0 saturated heterocycles. The van der Waals surface area contributed by atoms with E-state index in [2.05, 4.69) is 24.0 Å². The van der Waals surface area contributed by atoms with Crippen molar-refractivity contribution >= 4 is 0 Å². The lowest BCUT2D eigenvalue weighted by Crippen LogP contribution is -2.36. The van der Waals surface area contributed by atoms with Gasteiger partial charge in [-0.15, -0.1) is 0 Å². The average molecular weight is 295 g/mol. The lowest BCUT2D eigenvalue weighted by Gasteiger charge is -2.37. The van der Waals surface area contributed by atoms with Crippen LogP contribution in [0.4, 0.5) is 0 Å². The van der Waals surface area contributed by atoms with Gasteiger partial charge in [0.25, 0.3) is 0 Å². The fourth-order valence-electron chi connectivity index (χ4n) is 3.34. The van der Waals surface area contributed by atoms with E-state index in [1.54, 1.807) is 0 Å². The largest absolute Gasteiger partial charge is 0.367 e. The maximum Gasteiger partial charge on any atom is 0.227 e. The summed E-state index contributed by atoms with van der Waals surface area (Å²) in [6.07, 6.45) is 6.17. The van der Waals surface area contributed by atoms with E-state index >= 15 is 0 Å². The zero-order chi connectivity index (χ0) is 15.3. The molecule has 0 aliphatic heterocycles. The van der Waals surface area contributed by atoms with Crippen molar-refractivity contribution < 1.29 is 9.26 Å². The lowest BCUT2D eigenvalue weighted by molar-refractivity contribution is -0.0891. The van der Waals surface area contributed by atoms with Gasteiger partial charge in [0.15, 0.2) is 0 Å². The highest BCUT2D eigenvalue weighted by molar-refractivity contribution is 5.04. The quantitative estimate of drug-likeness (QED) is 0.837. The Balaban J connectivity index is 2.16. The van der Waals surface area contributed by atoms with Crippen molar-refractivity contribution in [2.75, 3.05) is 13.2 Å². The first-order valence-electron chi connectivity index (χ1n) is 8.30. The van der Waals surface area contributed by atoms with Gasteiger partial charge < -0.3 is 15.0 Å². The summed E-state index contributed by atoms with van der Waals surface area (Å²) in [5, 5.41) is 4.23. The number of aromatic nitrogens is 2. The van der Waals surface area contributed by atoms with Crippen LogP contribution in [0.2, 0.25) is 0 Å². The van der Waals surface area contributed by atoms with Crippen LogP contribution in [0.15, 0.2) is 4.52 Å². The fraction of sp³-hybridized carbons (Fsp3) is 0.875. The predicted octanol–water partition coefficient (Wildman–Crippen LogP) is 3.04. The summed E-state index contributed by atoms with van der Waals surface area (Å²) in [5.74, 6) is 2.48. The minimum absolute atomic E-state index is 0.349. The van der Waals surface area contributed by atoms with Gasteiger partial charge in [-0.3, -0.25) is 0 Å². The smallest absolute Gasteiger partial charge is 0.227 e. The third kappa shape index (κ3) is 3.83. The normalized spacial score (nSPS) is 27.7. The van der Waals surface area contributed by atoms with Gasteiger partial charge in [-0.1, -0.05) is 31.8 Å². The van der Waals surface area contributed by atoms with E-state index in [0.717, 1.165) is 37.9 Å². The zero-order valence-electron chi connectivity index (χ0n) is 13.6. The standard InChI is InChI=1S/C16H29N3O2/c1-4-13(11-17)9-14-18-15(19-21-14)16(20-5-2)8-6-7-12(3)10-16/h12-13H,4-11,17H2,1-3H3. The molecule has 0 amide bonds. The third-order valence-corrected chi connectivity index (χ3v) is 4.63. The molecule has 2 rings (SSSR count). The second-order valence-electron chi connectivity index (χ2n) is 6.35. The minimum atomic E-state index is -0.349. The van der Waals surface area contributed by atoms with Crippen molar-refractivity contribution in [3.63, 3.8) is 0 Å². The second kappa shape index (κ2) is 7.36. The van der Waals surface area contributed by atoms with E-state index in [1.807, 2.05) is 6.92 Å². The number of rotatable bonds is 7. The molecule has 1 saturated carbocycles. The SMILES string of the molecule is CCOC1(c2noc(CC(CC)CN)n2)CCCC(C)C1. The van der Waals surface area contributed by atoms with Gasteiger partial charge in [0.05, 0.1) is 0 Å². The molecule has 2 N–H and O–H groups in total. The summed E-state index contributed by atoms with van der Waals surface area (Å²) in [4.78, 5) is 4.64. The molecule has 0 aromatic carbocycles. The van der Waals surface area contributed by atoms with Crippen molar-refractivity contribution in [1.29, 1.82) is 0 Å². The van der Waals surface area contributed by atoms with Crippen LogP contribution < -0.4 is 5.73 Å². The van der Waals surface area contributed by atoms with Gasteiger partial charge in [-0.25, -0.2) is 0 Å². The van der Waals surface area contributed by atoms with Crippen LogP contribution in [0, 0.1) is 11.8 Å². The van der Waals surface area contributed by atoms with Crippen LogP contribution in [0.1, 0.15) is 64.6 Å². The van der Waals surface area contributed by atoms with E-state index in [0.29, 0.717) is 30.9 Å². The molecule has 120 valence electrons. The summed E-state index contributed by atoms with van der Waals surface area (Å²) in [7, 11) is 0. The lowest BCUT2D eigenvalue weighted by atomic mass is 9.78. The maximum atomic E-state index is 6.09. The van der Waals surface area contributed by atoms with Gasteiger partial charge in [-0.05, 0) is 44.6 Å². The van der Waals surface area contributed by atoms with Crippen molar-refractivity contribution in [3.8, 4) is 0 Å². The molecule has 1 aliphatic rings. The number of hydrogen-bond acceptors (Lipinski definition) is 5. The molecule has 0 radical (unpaired) electrons. The van der Waals surface area contributed by atoms with Crippen LogP contribution >= 0.6 is 0 Å². The average Bonchev–Trinajstić information content (AvgIpc) is 2.94. The first kappa shape index (κ1) is 16.4. The van der Waals surface area contributed by atoms with Crippen LogP contribution in [0.25, 0.3) is 0 Å². The molecular formula is C16H29N3O2. The van der Waals surface area contributed by atoms with E-state index in [4.69, 9.17) is 15.0 Å². The Kier molecular flexibility index (Phi) is 5.76. The van der Waals surface area contributed by atoms with Crippen molar-refractivity contribution in [1.82, 2.24) is 10.1 Å². The minimum Gasteiger partial charge on any atom is -0.367 e. The number of ether oxygens (including phenoxy) is 1. The molecule has 1 aromatic heterocycles. The van der Waals surface area contributed by atoms with Crippen LogP contribution in [0.5, 0.6) is 0 Å².